The fraction of sp³-hybridized carbons (Fsp3) is 0.538. The third kappa shape index (κ3) is 3.88. The van der Waals surface area contributed by atoms with E-state index in [4.69, 9.17) is 5.73 Å². The lowest BCUT2D eigenvalue weighted by molar-refractivity contribution is 0.280. The van der Waals surface area contributed by atoms with Crippen molar-refractivity contribution in [3.63, 3.8) is 0 Å². The van der Waals surface area contributed by atoms with E-state index in [2.05, 4.69) is 4.72 Å². The standard InChI is InChI=1S/C13H21N3O2S2/c1-19-13-4-2-3-12(9-13)15-20(17,18)16-7-5-11(10-14)6-8-16/h2-4,9,11,15H,5-8,10,14H2,1H3. The molecule has 2 rings (SSSR count). The van der Waals surface area contributed by atoms with Gasteiger partial charge in [0.2, 0.25) is 0 Å². The van der Waals surface area contributed by atoms with Crippen molar-refractivity contribution in [2.45, 2.75) is 17.7 Å². The van der Waals surface area contributed by atoms with Crippen LogP contribution in [0.5, 0.6) is 0 Å². The summed E-state index contributed by atoms with van der Waals surface area (Å²) in [4.78, 5) is 1.03. The Morgan fingerprint density at radius 1 is 1.40 bits per heavy atom. The van der Waals surface area contributed by atoms with Gasteiger partial charge in [0.05, 0.1) is 5.69 Å². The van der Waals surface area contributed by atoms with E-state index >= 15 is 0 Å². The molecule has 0 spiro atoms. The van der Waals surface area contributed by atoms with E-state index in [9.17, 15) is 8.42 Å². The summed E-state index contributed by atoms with van der Waals surface area (Å²) < 4.78 is 28.8. The van der Waals surface area contributed by atoms with Crippen LogP contribution in [0.1, 0.15) is 12.8 Å². The molecule has 20 heavy (non-hydrogen) atoms. The molecule has 0 unspecified atom stereocenters. The van der Waals surface area contributed by atoms with Gasteiger partial charge in [-0.1, -0.05) is 6.07 Å². The molecule has 1 heterocycles. The van der Waals surface area contributed by atoms with Crippen LogP contribution < -0.4 is 10.5 Å². The first-order chi connectivity index (χ1) is 9.55. The normalized spacial score (nSPS) is 18.1. The van der Waals surface area contributed by atoms with Crippen LogP contribution in [0.3, 0.4) is 0 Å². The van der Waals surface area contributed by atoms with Gasteiger partial charge in [0, 0.05) is 18.0 Å². The number of thioether (sulfide) groups is 1. The van der Waals surface area contributed by atoms with Crippen LogP contribution in [-0.4, -0.2) is 38.6 Å². The summed E-state index contributed by atoms with van der Waals surface area (Å²) >= 11 is 1.59. The number of anilines is 1. The average Bonchev–Trinajstić information content (AvgIpc) is 2.47. The highest BCUT2D eigenvalue weighted by Crippen LogP contribution is 2.23. The maximum absolute atomic E-state index is 12.3. The fourth-order valence-electron chi connectivity index (χ4n) is 2.29. The molecule has 7 heteroatoms. The highest BCUT2D eigenvalue weighted by atomic mass is 32.2. The Bertz CT molecular complexity index is 540. The quantitative estimate of drug-likeness (QED) is 0.812. The van der Waals surface area contributed by atoms with Crippen molar-refractivity contribution in [1.82, 2.24) is 4.31 Å². The lowest BCUT2D eigenvalue weighted by atomic mass is 9.99. The molecule has 112 valence electrons. The molecular formula is C13H21N3O2S2. The Morgan fingerprint density at radius 2 is 2.10 bits per heavy atom. The van der Waals surface area contributed by atoms with Crippen molar-refractivity contribution in [2.24, 2.45) is 11.7 Å². The van der Waals surface area contributed by atoms with Crippen molar-refractivity contribution in [2.75, 3.05) is 30.6 Å². The molecule has 1 aliphatic rings. The average molecular weight is 315 g/mol. The van der Waals surface area contributed by atoms with Gasteiger partial charge in [0.25, 0.3) is 0 Å². The minimum Gasteiger partial charge on any atom is -0.330 e. The molecule has 5 nitrogen and oxygen atoms in total. The highest BCUT2D eigenvalue weighted by Gasteiger charge is 2.27. The van der Waals surface area contributed by atoms with E-state index in [1.54, 1.807) is 17.8 Å². The fourth-order valence-corrected chi connectivity index (χ4v) is 3.99. The molecule has 1 aromatic rings. The Kier molecular flexibility index (Phi) is 5.31. The zero-order chi connectivity index (χ0) is 14.6. The van der Waals surface area contributed by atoms with Gasteiger partial charge in [0.15, 0.2) is 0 Å². The summed E-state index contributed by atoms with van der Waals surface area (Å²) in [7, 11) is -3.46. The van der Waals surface area contributed by atoms with Gasteiger partial charge in [-0.15, -0.1) is 11.8 Å². The zero-order valence-electron chi connectivity index (χ0n) is 11.6. The Morgan fingerprint density at radius 3 is 2.70 bits per heavy atom. The van der Waals surface area contributed by atoms with Gasteiger partial charge in [-0.2, -0.15) is 12.7 Å². The summed E-state index contributed by atoms with van der Waals surface area (Å²) in [5.41, 5.74) is 6.24. The SMILES string of the molecule is CSc1cccc(NS(=O)(=O)N2CCC(CN)CC2)c1. The highest BCUT2D eigenvalue weighted by molar-refractivity contribution is 7.98. The summed E-state index contributed by atoms with van der Waals surface area (Å²) in [5, 5.41) is 0. The van der Waals surface area contributed by atoms with E-state index in [-0.39, 0.29) is 0 Å². The topological polar surface area (TPSA) is 75.4 Å². The molecule has 1 aliphatic heterocycles. The third-order valence-corrected chi connectivity index (χ3v) is 5.83. The molecule has 1 aromatic carbocycles. The number of nitrogens with zero attached hydrogens (tertiary/aromatic N) is 1. The van der Waals surface area contributed by atoms with E-state index in [0.717, 1.165) is 17.7 Å². The monoisotopic (exact) mass is 315 g/mol. The van der Waals surface area contributed by atoms with Crippen molar-refractivity contribution in [3.05, 3.63) is 24.3 Å². The Labute approximate surface area is 125 Å². The first kappa shape index (κ1) is 15.6. The van der Waals surface area contributed by atoms with Crippen molar-refractivity contribution in [3.8, 4) is 0 Å². The molecule has 0 atom stereocenters. The molecule has 0 amide bonds. The van der Waals surface area contributed by atoms with Crippen LogP contribution >= 0.6 is 11.8 Å². The third-order valence-electron chi connectivity index (χ3n) is 3.56. The van der Waals surface area contributed by atoms with E-state index in [1.165, 1.54) is 4.31 Å². The van der Waals surface area contributed by atoms with Crippen molar-refractivity contribution < 1.29 is 8.42 Å². The van der Waals surface area contributed by atoms with Crippen LogP contribution in [0.4, 0.5) is 5.69 Å². The zero-order valence-corrected chi connectivity index (χ0v) is 13.2. The van der Waals surface area contributed by atoms with Gasteiger partial charge >= 0.3 is 10.2 Å². The predicted octanol–water partition coefficient (Wildman–Crippen LogP) is 1.74. The number of hydrogen-bond acceptors (Lipinski definition) is 4. The molecule has 0 bridgehead atoms. The number of hydrogen-bond donors (Lipinski definition) is 2. The van der Waals surface area contributed by atoms with Gasteiger partial charge in [-0.3, -0.25) is 4.72 Å². The maximum Gasteiger partial charge on any atom is 0.301 e. The minimum atomic E-state index is -3.46. The second-order valence-electron chi connectivity index (χ2n) is 4.92. The smallest absolute Gasteiger partial charge is 0.301 e. The molecule has 3 N–H and O–H groups in total. The molecule has 0 aliphatic carbocycles. The summed E-state index contributed by atoms with van der Waals surface area (Å²) in [6, 6.07) is 7.41. The van der Waals surface area contributed by atoms with Crippen LogP contribution in [0.2, 0.25) is 0 Å². The molecule has 1 fully saturated rings. The van der Waals surface area contributed by atoms with Crippen LogP contribution in [0.15, 0.2) is 29.2 Å². The summed E-state index contributed by atoms with van der Waals surface area (Å²) in [6.45, 7) is 1.72. The molecule has 1 saturated heterocycles. The number of benzene rings is 1. The molecule has 0 radical (unpaired) electrons. The molecule has 0 saturated carbocycles. The van der Waals surface area contributed by atoms with Gasteiger partial charge in [0.1, 0.15) is 0 Å². The van der Waals surface area contributed by atoms with Crippen LogP contribution in [-0.2, 0) is 10.2 Å². The Hall–Kier alpha value is -0.760. The van der Waals surface area contributed by atoms with E-state index in [1.807, 2.05) is 24.5 Å². The first-order valence-electron chi connectivity index (χ1n) is 6.67. The van der Waals surface area contributed by atoms with E-state index < -0.39 is 10.2 Å². The van der Waals surface area contributed by atoms with Crippen molar-refractivity contribution in [1.29, 1.82) is 0 Å². The second-order valence-corrected chi connectivity index (χ2v) is 7.47. The van der Waals surface area contributed by atoms with E-state index in [0.29, 0.717) is 31.2 Å². The Balaban J connectivity index is 2.03. The largest absolute Gasteiger partial charge is 0.330 e. The molecule has 0 aromatic heterocycles. The predicted molar refractivity (Wildman–Crippen MR) is 84.1 cm³/mol. The molecular weight excluding hydrogens is 294 g/mol. The lowest BCUT2D eigenvalue weighted by Gasteiger charge is -2.30. The lowest BCUT2D eigenvalue weighted by Crippen LogP contribution is -2.42. The number of nitrogens with one attached hydrogen (secondary N) is 1. The van der Waals surface area contributed by atoms with Crippen molar-refractivity contribution >= 4 is 27.7 Å². The summed E-state index contributed by atoms with van der Waals surface area (Å²) in [5.74, 6) is 0.446. The van der Waals surface area contributed by atoms with Crippen LogP contribution in [0, 0.1) is 5.92 Å². The number of rotatable bonds is 5. The number of piperidine rings is 1. The van der Waals surface area contributed by atoms with Gasteiger partial charge in [-0.25, -0.2) is 0 Å². The van der Waals surface area contributed by atoms with Crippen LogP contribution in [0.25, 0.3) is 0 Å². The minimum absolute atomic E-state index is 0.446. The van der Waals surface area contributed by atoms with Gasteiger partial charge < -0.3 is 5.73 Å². The number of nitrogens with two attached hydrogens (primary N) is 1. The summed E-state index contributed by atoms with van der Waals surface area (Å²) in [6.07, 6.45) is 3.63. The maximum atomic E-state index is 12.3. The van der Waals surface area contributed by atoms with Gasteiger partial charge in [-0.05, 0) is 49.8 Å². The second kappa shape index (κ2) is 6.80. The first-order valence-corrected chi connectivity index (χ1v) is 9.33.